The summed E-state index contributed by atoms with van der Waals surface area (Å²) in [5.74, 6) is 1.56. The van der Waals surface area contributed by atoms with Gasteiger partial charge in [0.2, 0.25) is 0 Å². The minimum atomic E-state index is -0.00285. The number of anilines is 1. The van der Waals surface area contributed by atoms with Crippen LogP contribution in [0.15, 0.2) is 30.3 Å². The van der Waals surface area contributed by atoms with Gasteiger partial charge in [-0.2, -0.15) is 0 Å². The van der Waals surface area contributed by atoms with E-state index in [0.717, 1.165) is 61.7 Å². The largest absolute Gasteiger partial charge is 0.381 e. The standard InChI is InChI=1S/C20H25N3O2/c24-20(22-15-8-9-15)17-12-19(23-18-5-2-1-4-16(17)18)21-10-3-11-25-13-14-6-7-14/h1-2,4-5,12,14-15H,3,6-11,13H2,(H,21,23)(H,22,24). The van der Waals surface area contributed by atoms with Gasteiger partial charge in [0.1, 0.15) is 5.82 Å². The summed E-state index contributed by atoms with van der Waals surface area (Å²) in [5, 5.41) is 7.31. The summed E-state index contributed by atoms with van der Waals surface area (Å²) >= 11 is 0. The topological polar surface area (TPSA) is 63.2 Å². The number of carbonyl (C=O) groups is 1. The molecule has 132 valence electrons. The van der Waals surface area contributed by atoms with E-state index in [4.69, 9.17) is 4.74 Å². The molecular formula is C20H25N3O2. The highest BCUT2D eigenvalue weighted by atomic mass is 16.5. The van der Waals surface area contributed by atoms with E-state index in [1.807, 2.05) is 30.3 Å². The molecule has 0 spiro atoms. The van der Waals surface area contributed by atoms with Crippen molar-refractivity contribution < 1.29 is 9.53 Å². The maximum absolute atomic E-state index is 12.6. The molecule has 4 rings (SSSR count). The molecule has 1 amide bonds. The second-order valence-electron chi connectivity index (χ2n) is 7.12. The monoisotopic (exact) mass is 339 g/mol. The number of nitrogens with zero attached hydrogens (tertiary/aromatic N) is 1. The van der Waals surface area contributed by atoms with E-state index < -0.39 is 0 Å². The van der Waals surface area contributed by atoms with E-state index in [-0.39, 0.29) is 5.91 Å². The number of carbonyl (C=O) groups excluding carboxylic acids is 1. The summed E-state index contributed by atoms with van der Waals surface area (Å²) < 4.78 is 5.65. The molecule has 2 aromatic rings. The maximum atomic E-state index is 12.6. The Morgan fingerprint density at radius 2 is 2.04 bits per heavy atom. The molecule has 2 aliphatic carbocycles. The van der Waals surface area contributed by atoms with E-state index in [9.17, 15) is 4.79 Å². The van der Waals surface area contributed by atoms with Crippen LogP contribution < -0.4 is 10.6 Å². The number of benzene rings is 1. The van der Waals surface area contributed by atoms with Crippen molar-refractivity contribution in [2.24, 2.45) is 5.92 Å². The molecule has 2 fully saturated rings. The minimum Gasteiger partial charge on any atom is -0.381 e. The van der Waals surface area contributed by atoms with Crippen molar-refractivity contribution >= 4 is 22.6 Å². The second-order valence-corrected chi connectivity index (χ2v) is 7.12. The summed E-state index contributed by atoms with van der Waals surface area (Å²) in [6, 6.07) is 10.0. The molecule has 1 aromatic heterocycles. The molecule has 5 heteroatoms. The minimum absolute atomic E-state index is 0.00285. The number of hydrogen-bond acceptors (Lipinski definition) is 4. The first-order valence-electron chi connectivity index (χ1n) is 9.32. The third kappa shape index (κ3) is 4.48. The molecule has 0 radical (unpaired) electrons. The van der Waals surface area contributed by atoms with Gasteiger partial charge in [0.25, 0.3) is 5.91 Å². The molecule has 0 saturated heterocycles. The highest BCUT2D eigenvalue weighted by Crippen LogP contribution is 2.28. The van der Waals surface area contributed by atoms with Crippen molar-refractivity contribution in [3.05, 3.63) is 35.9 Å². The van der Waals surface area contributed by atoms with E-state index >= 15 is 0 Å². The van der Waals surface area contributed by atoms with Crippen LogP contribution in [0.4, 0.5) is 5.82 Å². The Balaban J connectivity index is 1.40. The normalized spacial score (nSPS) is 16.8. The Morgan fingerprint density at radius 3 is 2.84 bits per heavy atom. The summed E-state index contributed by atoms with van der Waals surface area (Å²) in [7, 11) is 0. The molecule has 0 unspecified atom stereocenters. The predicted molar refractivity (Wildman–Crippen MR) is 98.9 cm³/mol. The third-order valence-electron chi connectivity index (χ3n) is 4.70. The molecular weight excluding hydrogens is 314 g/mol. The zero-order valence-corrected chi connectivity index (χ0v) is 14.5. The second kappa shape index (κ2) is 7.40. The average Bonchev–Trinajstić information content (AvgIpc) is 3.53. The first-order valence-corrected chi connectivity index (χ1v) is 9.32. The van der Waals surface area contributed by atoms with Crippen LogP contribution in [0.3, 0.4) is 0 Å². The van der Waals surface area contributed by atoms with Gasteiger partial charge in [0.15, 0.2) is 0 Å². The molecule has 2 N–H and O–H groups in total. The van der Waals surface area contributed by atoms with Crippen LogP contribution in [-0.4, -0.2) is 36.7 Å². The van der Waals surface area contributed by atoms with Crippen molar-refractivity contribution in [2.75, 3.05) is 25.1 Å². The highest BCUT2D eigenvalue weighted by molar-refractivity contribution is 6.07. The van der Waals surface area contributed by atoms with Gasteiger partial charge in [-0.3, -0.25) is 4.79 Å². The van der Waals surface area contributed by atoms with Gasteiger partial charge in [-0.05, 0) is 50.2 Å². The lowest BCUT2D eigenvalue weighted by Crippen LogP contribution is -2.25. The van der Waals surface area contributed by atoms with Crippen LogP contribution >= 0.6 is 0 Å². The van der Waals surface area contributed by atoms with Crippen molar-refractivity contribution in [1.29, 1.82) is 0 Å². The lowest BCUT2D eigenvalue weighted by molar-refractivity contribution is 0.0952. The average molecular weight is 339 g/mol. The molecule has 2 saturated carbocycles. The van der Waals surface area contributed by atoms with E-state index in [0.29, 0.717) is 11.6 Å². The number of nitrogens with one attached hydrogen (secondary N) is 2. The number of fused-ring (bicyclic) bond motifs is 1. The zero-order valence-electron chi connectivity index (χ0n) is 14.5. The number of para-hydroxylation sites is 1. The Labute approximate surface area is 148 Å². The Bertz CT molecular complexity index is 754. The quantitative estimate of drug-likeness (QED) is 0.688. The van der Waals surface area contributed by atoms with E-state index in [2.05, 4.69) is 15.6 Å². The fraction of sp³-hybridized carbons (Fsp3) is 0.500. The van der Waals surface area contributed by atoms with Crippen LogP contribution in [0.2, 0.25) is 0 Å². The number of hydrogen-bond donors (Lipinski definition) is 2. The molecule has 2 aliphatic rings. The first kappa shape index (κ1) is 16.3. The van der Waals surface area contributed by atoms with Gasteiger partial charge in [-0.25, -0.2) is 4.98 Å². The molecule has 25 heavy (non-hydrogen) atoms. The molecule has 0 bridgehead atoms. The van der Waals surface area contributed by atoms with Crippen LogP contribution in [0.1, 0.15) is 42.5 Å². The molecule has 0 atom stereocenters. The van der Waals surface area contributed by atoms with Crippen molar-refractivity contribution in [2.45, 2.75) is 38.1 Å². The zero-order chi connectivity index (χ0) is 17.1. The summed E-state index contributed by atoms with van der Waals surface area (Å²) in [4.78, 5) is 17.2. The lowest BCUT2D eigenvalue weighted by atomic mass is 10.1. The van der Waals surface area contributed by atoms with Crippen molar-refractivity contribution in [1.82, 2.24) is 10.3 Å². The Kier molecular flexibility index (Phi) is 4.83. The van der Waals surface area contributed by atoms with E-state index in [1.165, 1.54) is 12.8 Å². The Hall–Kier alpha value is -2.14. The number of rotatable bonds is 9. The van der Waals surface area contributed by atoms with Crippen LogP contribution in [0.5, 0.6) is 0 Å². The van der Waals surface area contributed by atoms with Crippen LogP contribution in [-0.2, 0) is 4.74 Å². The summed E-state index contributed by atoms with van der Waals surface area (Å²) in [6.07, 6.45) is 5.75. The summed E-state index contributed by atoms with van der Waals surface area (Å²) in [5.41, 5.74) is 1.54. The fourth-order valence-electron chi connectivity index (χ4n) is 2.87. The molecule has 1 aromatic carbocycles. The smallest absolute Gasteiger partial charge is 0.252 e. The number of ether oxygens (including phenoxy) is 1. The molecule has 1 heterocycles. The Morgan fingerprint density at radius 1 is 1.20 bits per heavy atom. The van der Waals surface area contributed by atoms with Gasteiger partial charge >= 0.3 is 0 Å². The lowest BCUT2D eigenvalue weighted by Gasteiger charge is -2.11. The summed E-state index contributed by atoms with van der Waals surface area (Å²) in [6.45, 7) is 2.46. The van der Waals surface area contributed by atoms with Crippen LogP contribution in [0, 0.1) is 5.92 Å². The van der Waals surface area contributed by atoms with Gasteiger partial charge in [-0.1, -0.05) is 18.2 Å². The molecule has 5 nitrogen and oxygen atoms in total. The highest BCUT2D eigenvalue weighted by Gasteiger charge is 2.25. The number of amides is 1. The van der Waals surface area contributed by atoms with Crippen LogP contribution in [0.25, 0.3) is 10.9 Å². The predicted octanol–water partition coefficient (Wildman–Crippen LogP) is 3.36. The van der Waals surface area contributed by atoms with Gasteiger partial charge in [-0.15, -0.1) is 0 Å². The fourth-order valence-corrected chi connectivity index (χ4v) is 2.87. The van der Waals surface area contributed by atoms with Gasteiger partial charge in [0.05, 0.1) is 11.1 Å². The first-order chi connectivity index (χ1) is 12.3. The van der Waals surface area contributed by atoms with Crippen molar-refractivity contribution in [3.8, 4) is 0 Å². The molecule has 0 aliphatic heterocycles. The van der Waals surface area contributed by atoms with E-state index in [1.54, 1.807) is 0 Å². The number of aromatic nitrogens is 1. The van der Waals surface area contributed by atoms with Gasteiger partial charge in [0, 0.05) is 31.2 Å². The van der Waals surface area contributed by atoms with Crippen molar-refractivity contribution in [3.63, 3.8) is 0 Å². The number of pyridine rings is 1. The maximum Gasteiger partial charge on any atom is 0.252 e. The van der Waals surface area contributed by atoms with Gasteiger partial charge < -0.3 is 15.4 Å². The third-order valence-corrected chi connectivity index (χ3v) is 4.70. The SMILES string of the molecule is O=C(NC1CC1)c1cc(NCCCOCC2CC2)nc2ccccc12.